The van der Waals surface area contributed by atoms with E-state index in [9.17, 15) is 9.18 Å². The van der Waals surface area contributed by atoms with Crippen molar-refractivity contribution in [2.75, 3.05) is 13.7 Å². The Kier molecular flexibility index (Phi) is 3.99. The zero-order valence-corrected chi connectivity index (χ0v) is 14.4. The van der Waals surface area contributed by atoms with Gasteiger partial charge in [-0.2, -0.15) is 0 Å². The maximum atomic E-state index is 14.5. The van der Waals surface area contributed by atoms with E-state index in [0.717, 1.165) is 16.6 Å². The number of amides is 1. The molecule has 22 heavy (non-hydrogen) atoms. The highest BCUT2D eigenvalue weighted by molar-refractivity contribution is 9.10. The number of halogens is 2. The quantitative estimate of drug-likeness (QED) is 0.816. The van der Waals surface area contributed by atoms with Crippen molar-refractivity contribution in [3.05, 3.63) is 33.7 Å². The molecule has 0 aliphatic carbocycles. The van der Waals surface area contributed by atoms with Crippen LogP contribution in [0.15, 0.2) is 16.6 Å². The number of methoxy groups -OCH3 is 1. The molecule has 2 heterocycles. The second-order valence-electron chi connectivity index (χ2n) is 5.75. The molecule has 1 aromatic heterocycles. The largest absolute Gasteiger partial charge is 0.375 e. The third-order valence-corrected chi connectivity index (χ3v) is 5.03. The van der Waals surface area contributed by atoms with Crippen molar-refractivity contribution in [3.63, 3.8) is 0 Å². The molecule has 0 spiro atoms. The molecule has 1 atom stereocenters. The monoisotopic (exact) mass is 368 g/mol. The van der Waals surface area contributed by atoms with Gasteiger partial charge >= 0.3 is 0 Å². The smallest absolute Gasteiger partial charge is 0.249 e. The number of benzene rings is 1. The van der Waals surface area contributed by atoms with E-state index in [1.807, 2.05) is 29.5 Å². The van der Waals surface area contributed by atoms with E-state index in [4.69, 9.17) is 4.74 Å². The number of fused-ring (bicyclic) bond motifs is 3. The van der Waals surface area contributed by atoms with E-state index in [1.54, 1.807) is 6.07 Å². The average molecular weight is 369 g/mol. The predicted octanol–water partition coefficient (Wildman–Crippen LogP) is 3.00. The lowest BCUT2D eigenvalue weighted by atomic mass is 9.99. The van der Waals surface area contributed by atoms with Crippen LogP contribution < -0.4 is 0 Å². The normalized spacial score (nSPS) is 17.9. The van der Waals surface area contributed by atoms with Crippen molar-refractivity contribution in [2.45, 2.75) is 25.9 Å². The van der Waals surface area contributed by atoms with E-state index >= 15 is 0 Å². The van der Waals surface area contributed by atoms with Crippen LogP contribution in [-0.4, -0.2) is 35.1 Å². The molecule has 0 N–H and O–H groups in total. The molecule has 1 aliphatic heterocycles. The Morgan fingerprint density at radius 1 is 1.50 bits per heavy atom. The van der Waals surface area contributed by atoms with Gasteiger partial charge in [0.1, 0.15) is 6.61 Å². The molecule has 0 unspecified atom stereocenters. The third-order valence-electron chi connectivity index (χ3n) is 4.42. The van der Waals surface area contributed by atoms with Gasteiger partial charge in [0, 0.05) is 49.8 Å². The van der Waals surface area contributed by atoms with Gasteiger partial charge < -0.3 is 14.2 Å². The Morgan fingerprint density at radius 3 is 2.91 bits per heavy atom. The summed E-state index contributed by atoms with van der Waals surface area (Å²) in [7, 11) is 3.40. The van der Waals surface area contributed by atoms with Gasteiger partial charge in [-0.3, -0.25) is 4.79 Å². The van der Waals surface area contributed by atoms with Crippen molar-refractivity contribution < 1.29 is 13.9 Å². The van der Waals surface area contributed by atoms with E-state index in [1.165, 1.54) is 7.11 Å². The van der Waals surface area contributed by atoms with Gasteiger partial charge in [0.15, 0.2) is 5.82 Å². The Bertz CT molecular complexity index is 756. The first-order chi connectivity index (χ1) is 10.5. The number of carbonyl (C=O) groups is 1. The van der Waals surface area contributed by atoms with Gasteiger partial charge in [0.25, 0.3) is 0 Å². The number of aryl methyl sites for hydroxylation is 1. The molecule has 118 valence electrons. The zero-order valence-electron chi connectivity index (χ0n) is 12.8. The molecular formula is C16H18BrFN2O2. The van der Waals surface area contributed by atoms with E-state index in [0.29, 0.717) is 23.0 Å². The minimum atomic E-state index is -0.253. The second-order valence-corrected chi connectivity index (χ2v) is 6.60. The maximum Gasteiger partial charge on any atom is 0.249 e. The van der Waals surface area contributed by atoms with Gasteiger partial charge in [-0.1, -0.05) is 6.07 Å². The van der Waals surface area contributed by atoms with Gasteiger partial charge in [-0.25, -0.2) is 4.39 Å². The van der Waals surface area contributed by atoms with E-state index in [-0.39, 0.29) is 24.4 Å². The van der Waals surface area contributed by atoms with Crippen LogP contribution in [-0.2, 0) is 29.5 Å². The van der Waals surface area contributed by atoms with Crippen molar-refractivity contribution in [3.8, 4) is 0 Å². The number of hydrogen-bond acceptors (Lipinski definition) is 2. The second kappa shape index (κ2) is 5.66. The van der Waals surface area contributed by atoms with Gasteiger partial charge in [0.05, 0.1) is 9.99 Å². The fraction of sp³-hybridized carbons (Fsp3) is 0.438. The number of nitrogens with zero attached hydrogens (tertiary/aromatic N) is 2. The van der Waals surface area contributed by atoms with Crippen molar-refractivity contribution >= 4 is 32.7 Å². The molecule has 1 aliphatic rings. The van der Waals surface area contributed by atoms with Crippen LogP contribution >= 0.6 is 15.9 Å². The predicted molar refractivity (Wildman–Crippen MR) is 86.2 cm³/mol. The lowest BCUT2D eigenvalue weighted by Crippen LogP contribution is -2.44. The third kappa shape index (κ3) is 2.25. The molecule has 1 aromatic carbocycles. The van der Waals surface area contributed by atoms with Crippen molar-refractivity contribution in [1.29, 1.82) is 0 Å². The first-order valence-corrected chi connectivity index (χ1v) is 7.97. The first kappa shape index (κ1) is 15.5. The summed E-state index contributed by atoms with van der Waals surface area (Å²) >= 11 is 3.24. The summed E-state index contributed by atoms with van der Waals surface area (Å²) in [5, 5.41) is 0.875. The lowest BCUT2D eigenvalue weighted by molar-refractivity contribution is -0.138. The number of rotatable bonds is 2. The van der Waals surface area contributed by atoms with Gasteiger partial charge in [0.2, 0.25) is 5.91 Å². The Balaban J connectivity index is 2.13. The fourth-order valence-corrected chi connectivity index (χ4v) is 3.62. The molecule has 0 saturated carbocycles. The standard InChI is InChI=1S/C16H18BrFN2O2/c1-9-6-13-11(7-20(9)14(21)8-22-3)10-4-5-12(17)15(18)16(10)19(13)2/h4-5,9H,6-8H2,1-3H3/t9-/m1/s1. The van der Waals surface area contributed by atoms with Crippen LogP contribution in [0.1, 0.15) is 18.2 Å². The van der Waals surface area contributed by atoms with E-state index < -0.39 is 0 Å². The maximum absolute atomic E-state index is 14.5. The summed E-state index contributed by atoms with van der Waals surface area (Å²) < 4.78 is 21.8. The molecule has 1 amide bonds. The van der Waals surface area contributed by atoms with Crippen LogP contribution in [0, 0.1) is 5.82 Å². The zero-order chi connectivity index (χ0) is 16.0. The molecular weight excluding hydrogens is 351 g/mol. The molecule has 2 aromatic rings. The molecule has 4 nitrogen and oxygen atoms in total. The Morgan fingerprint density at radius 2 is 2.23 bits per heavy atom. The fourth-order valence-electron chi connectivity index (χ4n) is 3.30. The Hall–Kier alpha value is -1.40. The topological polar surface area (TPSA) is 34.5 Å². The molecule has 0 bridgehead atoms. The summed E-state index contributed by atoms with van der Waals surface area (Å²) in [5.74, 6) is -0.285. The van der Waals surface area contributed by atoms with Crippen LogP contribution in [0.2, 0.25) is 0 Å². The summed E-state index contributed by atoms with van der Waals surface area (Å²) in [6, 6.07) is 3.71. The lowest BCUT2D eigenvalue weighted by Gasteiger charge is -2.34. The number of aromatic nitrogens is 1. The molecule has 3 rings (SSSR count). The van der Waals surface area contributed by atoms with Crippen molar-refractivity contribution in [2.24, 2.45) is 7.05 Å². The van der Waals surface area contributed by atoms with Crippen molar-refractivity contribution in [1.82, 2.24) is 9.47 Å². The SMILES string of the molecule is COCC(=O)N1Cc2c(n(C)c3c(F)c(Br)ccc23)C[C@H]1C. The van der Waals surface area contributed by atoms with Crippen LogP contribution in [0.4, 0.5) is 4.39 Å². The molecule has 0 saturated heterocycles. The summed E-state index contributed by atoms with van der Waals surface area (Å²) in [4.78, 5) is 14.0. The average Bonchev–Trinajstić information content (AvgIpc) is 2.75. The van der Waals surface area contributed by atoms with Gasteiger partial charge in [-0.15, -0.1) is 0 Å². The first-order valence-electron chi connectivity index (χ1n) is 7.18. The highest BCUT2D eigenvalue weighted by atomic mass is 79.9. The van der Waals surface area contributed by atoms with Crippen LogP contribution in [0.3, 0.4) is 0 Å². The van der Waals surface area contributed by atoms with E-state index in [2.05, 4.69) is 15.9 Å². The van der Waals surface area contributed by atoms with Crippen LogP contribution in [0.5, 0.6) is 0 Å². The highest BCUT2D eigenvalue weighted by Gasteiger charge is 2.31. The van der Waals surface area contributed by atoms with Gasteiger partial charge in [-0.05, 0) is 28.9 Å². The molecule has 0 radical (unpaired) electrons. The summed E-state index contributed by atoms with van der Waals surface area (Å²) in [6.07, 6.45) is 0.715. The molecule has 6 heteroatoms. The minimum absolute atomic E-state index is 0.0322. The minimum Gasteiger partial charge on any atom is -0.375 e. The number of carbonyl (C=O) groups excluding carboxylic acids is 1. The molecule has 0 fully saturated rings. The summed E-state index contributed by atoms with van der Waals surface area (Å²) in [6.45, 7) is 2.59. The number of hydrogen-bond donors (Lipinski definition) is 0. The number of ether oxygens (including phenoxy) is 1. The van der Waals surface area contributed by atoms with Crippen LogP contribution in [0.25, 0.3) is 10.9 Å². The summed E-state index contributed by atoms with van der Waals surface area (Å²) in [5.41, 5.74) is 2.72. The Labute approximate surface area is 137 Å². The highest BCUT2D eigenvalue weighted by Crippen LogP contribution is 2.35.